The smallest absolute Gasteiger partial charge is 0.0595 e. The van der Waals surface area contributed by atoms with E-state index in [1.54, 1.807) is 0 Å². The molecule has 1 aromatic carbocycles. The van der Waals surface area contributed by atoms with Gasteiger partial charge in [-0.15, -0.1) is 12.4 Å². The van der Waals surface area contributed by atoms with Gasteiger partial charge < -0.3 is 5.32 Å². The molecule has 0 spiro atoms. The molecule has 1 aromatic rings. The van der Waals surface area contributed by atoms with Gasteiger partial charge in [-0.1, -0.05) is 29.3 Å². The van der Waals surface area contributed by atoms with Gasteiger partial charge in [0.1, 0.15) is 0 Å². The lowest BCUT2D eigenvalue weighted by Gasteiger charge is -2.32. The topological polar surface area (TPSA) is 15.3 Å². The Hall–Kier alpha value is 0.01000. The lowest BCUT2D eigenvalue weighted by Crippen LogP contribution is -2.38. The molecule has 0 aliphatic carbocycles. The summed E-state index contributed by atoms with van der Waals surface area (Å²) in [6.07, 6.45) is 2.62. The molecule has 1 saturated heterocycles. The number of halogens is 3. The van der Waals surface area contributed by atoms with Crippen LogP contribution in [0.3, 0.4) is 0 Å². The van der Waals surface area contributed by atoms with Crippen molar-refractivity contribution in [2.24, 2.45) is 5.92 Å². The zero-order chi connectivity index (χ0) is 13.0. The first-order chi connectivity index (χ1) is 8.69. The van der Waals surface area contributed by atoms with E-state index in [0.29, 0.717) is 10.0 Å². The van der Waals surface area contributed by atoms with E-state index in [9.17, 15) is 0 Å². The van der Waals surface area contributed by atoms with Crippen LogP contribution in [-0.2, 0) is 6.54 Å². The maximum Gasteiger partial charge on any atom is 0.0595 e. The molecule has 1 aliphatic rings. The molecule has 2 rings (SSSR count). The molecule has 1 heterocycles. The fourth-order valence-corrected chi connectivity index (χ4v) is 2.97. The average molecular weight is 324 g/mol. The van der Waals surface area contributed by atoms with Gasteiger partial charge in [0.05, 0.1) is 10.0 Å². The zero-order valence-electron chi connectivity index (χ0n) is 11.2. The van der Waals surface area contributed by atoms with E-state index in [1.807, 2.05) is 19.2 Å². The number of hydrogen-bond acceptors (Lipinski definition) is 2. The Kier molecular flexibility index (Phi) is 7.48. The van der Waals surface area contributed by atoms with Gasteiger partial charge in [-0.25, -0.2) is 0 Å². The van der Waals surface area contributed by atoms with E-state index in [4.69, 9.17) is 23.2 Å². The van der Waals surface area contributed by atoms with Crippen molar-refractivity contribution in [3.63, 3.8) is 0 Å². The first-order valence-corrected chi connectivity index (χ1v) is 7.25. The van der Waals surface area contributed by atoms with Crippen LogP contribution >= 0.6 is 35.6 Å². The normalized spacial score (nSPS) is 20.1. The van der Waals surface area contributed by atoms with Crippen molar-refractivity contribution < 1.29 is 0 Å². The summed E-state index contributed by atoms with van der Waals surface area (Å²) in [5.74, 6) is 0.770. The third kappa shape index (κ3) is 5.13. The summed E-state index contributed by atoms with van der Waals surface area (Å²) in [5, 5.41) is 4.56. The molecule has 0 saturated carbocycles. The van der Waals surface area contributed by atoms with Crippen LogP contribution in [0.4, 0.5) is 0 Å². The van der Waals surface area contributed by atoms with Crippen molar-refractivity contribution >= 4 is 35.6 Å². The highest BCUT2D eigenvalue weighted by Crippen LogP contribution is 2.24. The standard InChI is InChI=1S/C14H20Cl2N2.ClH/c1-17-8-12-3-2-6-18(10-12)9-11-4-5-13(15)14(16)7-11;/h4-5,7,12,17H,2-3,6,8-10H2,1H3;1H. The number of likely N-dealkylation sites (tertiary alicyclic amines) is 1. The summed E-state index contributed by atoms with van der Waals surface area (Å²) >= 11 is 12.0. The van der Waals surface area contributed by atoms with Crippen LogP contribution in [0, 0.1) is 5.92 Å². The molecule has 5 heteroatoms. The molecular weight excluding hydrogens is 303 g/mol. The van der Waals surface area contributed by atoms with Gasteiger partial charge in [0.25, 0.3) is 0 Å². The Morgan fingerprint density at radius 3 is 2.79 bits per heavy atom. The SMILES string of the molecule is CNCC1CCCN(Cc2ccc(Cl)c(Cl)c2)C1.Cl. The minimum absolute atomic E-state index is 0. The van der Waals surface area contributed by atoms with Gasteiger partial charge in [-0.3, -0.25) is 4.90 Å². The van der Waals surface area contributed by atoms with E-state index in [2.05, 4.69) is 16.3 Å². The largest absolute Gasteiger partial charge is 0.319 e. The monoisotopic (exact) mass is 322 g/mol. The maximum atomic E-state index is 6.05. The Morgan fingerprint density at radius 2 is 2.11 bits per heavy atom. The Labute approximate surface area is 131 Å². The molecule has 1 unspecified atom stereocenters. The van der Waals surface area contributed by atoms with Gasteiger partial charge in [0.2, 0.25) is 0 Å². The summed E-state index contributed by atoms with van der Waals surface area (Å²) < 4.78 is 0. The number of piperidine rings is 1. The predicted octanol–water partition coefficient (Wildman–Crippen LogP) is 3.85. The highest BCUT2D eigenvalue weighted by molar-refractivity contribution is 6.42. The molecule has 0 bridgehead atoms. The second kappa shape index (κ2) is 8.33. The van der Waals surface area contributed by atoms with E-state index in [0.717, 1.165) is 19.0 Å². The van der Waals surface area contributed by atoms with Gasteiger partial charge in [-0.2, -0.15) is 0 Å². The van der Waals surface area contributed by atoms with Crippen LogP contribution in [0.5, 0.6) is 0 Å². The summed E-state index contributed by atoms with van der Waals surface area (Å²) in [6.45, 7) is 4.43. The van der Waals surface area contributed by atoms with Crippen molar-refractivity contribution in [2.45, 2.75) is 19.4 Å². The lowest BCUT2D eigenvalue weighted by atomic mass is 9.97. The molecule has 2 nitrogen and oxygen atoms in total. The molecule has 19 heavy (non-hydrogen) atoms. The molecule has 0 radical (unpaired) electrons. The van der Waals surface area contributed by atoms with Crippen LogP contribution in [0.2, 0.25) is 10.0 Å². The quantitative estimate of drug-likeness (QED) is 0.905. The number of rotatable bonds is 4. The van der Waals surface area contributed by atoms with Crippen molar-refractivity contribution in [1.82, 2.24) is 10.2 Å². The fourth-order valence-electron chi connectivity index (χ4n) is 2.65. The number of nitrogens with zero attached hydrogens (tertiary/aromatic N) is 1. The molecule has 1 fully saturated rings. The molecule has 1 aliphatic heterocycles. The van der Waals surface area contributed by atoms with Crippen LogP contribution in [0.15, 0.2) is 18.2 Å². The Morgan fingerprint density at radius 1 is 1.32 bits per heavy atom. The van der Waals surface area contributed by atoms with Crippen molar-refractivity contribution in [1.29, 1.82) is 0 Å². The molecule has 0 amide bonds. The number of benzene rings is 1. The summed E-state index contributed by atoms with van der Waals surface area (Å²) in [5.41, 5.74) is 1.24. The Bertz CT molecular complexity index is 396. The molecule has 1 N–H and O–H groups in total. The van der Waals surface area contributed by atoms with Gasteiger partial charge >= 0.3 is 0 Å². The minimum atomic E-state index is 0. The molecule has 108 valence electrons. The number of nitrogens with one attached hydrogen (secondary N) is 1. The van der Waals surface area contributed by atoms with Crippen LogP contribution in [0.25, 0.3) is 0 Å². The first kappa shape index (κ1) is 17.1. The highest BCUT2D eigenvalue weighted by atomic mass is 35.5. The third-order valence-electron chi connectivity index (χ3n) is 3.49. The van der Waals surface area contributed by atoms with Gasteiger partial charge in [0, 0.05) is 13.1 Å². The van der Waals surface area contributed by atoms with E-state index >= 15 is 0 Å². The lowest BCUT2D eigenvalue weighted by molar-refractivity contribution is 0.167. The predicted molar refractivity (Wildman–Crippen MR) is 85.6 cm³/mol. The summed E-state index contributed by atoms with van der Waals surface area (Å²) in [7, 11) is 2.03. The molecule has 1 atom stereocenters. The summed E-state index contributed by atoms with van der Waals surface area (Å²) in [6, 6.07) is 5.93. The highest BCUT2D eigenvalue weighted by Gasteiger charge is 2.19. The van der Waals surface area contributed by atoms with Crippen molar-refractivity contribution in [2.75, 3.05) is 26.7 Å². The zero-order valence-corrected chi connectivity index (χ0v) is 13.5. The Balaban J connectivity index is 0.00000180. The second-order valence-electron chi connectivity index (χ2n) is 5.05. The van der Waals surface area contributed by atoms with E-state index in [1.165, 1.54) is 31.5 Å². The number of hydrogen-bond donors (Lipinski definition) is 1. The van der Waals surface area contributed by atoms with Crippen LogP contribution in [-0.4, -0.2) is 31.6 Å². The van der Waals surface area contributed by atoms with E-state index in [-0.39, 0.29) is 12.4 Å². The minimum Gasteiger partial charge on any atom is -0.319 e. The van der Waals surface area contributed by atoms with Crippen LogP contribution < -0.4 is 5.32 Å². The van der Waals surface area contributed by atoms with Gasteiger partial charge in [0.15, 0.2) is 0 Å². The van der Waals surface area contributed by atoms with Crippen LogP contribution in [0.1, 0.15) is 18.4 Å². The second-order valence-corrected chi connectivity index (χ2v) is 5.86. The first-order valence-electron chi connectivity index (χ1n) is 6.50. The molecular formula is C14H21Cl3N2. The van der Waals surface area contributed by atoms with E-state index < -0.39 is 0 Å². The average Bonchev–Trinajstić information content (AvgIpc) is 2.35. The maximum absolute atomic E-state index is 6.05. The van der Waals surface area contributed by atoms with Gasteiger partial charge in [-0.05, 0) is 56.6 Å². The van der Waals surface area contributed by atoms with Crippen molar-refractivity contribution in [3.05, 3.63) is 33.8 Å². The summed E-state index contributed by atoms with van der Waals surface area (Å²) in [4.78, 5) is 2.51. The molecule has 0 aromatic heterocycles. The van der Waals surface area contributed by atoms with Crippen molar-refractivity contribution in [3.8, 4) is 0 Å². The fraction of sp³-hybridized carbons (Fsp3) is 0.571. The third-order valence-corrected chi connectivity index (χ3v) is 4.23.